The SMILES string of the molecule is CCCc1c(CNC)nnn1C(C)C1CCC1. The Bertz CT molecular complexity index is 354. The molecule has 1 saturated carbocycles. The summed E-state index contributed by atoms with van der Waals surface area (Å²) in [6, 6.07) is 0.517. The highest BCUT2D eigenvalue weighted by Gasteiger charge is 2.28. The second kappa shape index (κ2) is 5.63. The monoisotopic (exact) mass is 236 g/mol. The summed E-state index contributed by atoms with van der Waals surface area (Å²) in [5.74, 6) is 0.815. The predicted molar refractivity (Wildman–Crippen MR) is 68.8 cm³/mol. The van der Waals surface area contributed by atoms with E-state index in [4.69, 9.17) is 0 Å². The van der Waals surface area contributed by atoms with Crippen molar-refractivity contribution in [2.24, 2.45) is 5.92 Å². The number of nitrogens with zero attached hydrogens (tertiary/aromatic N) is 3. The molecule has 0 amide bonds. The van der Waals surface area contributed by atoms with Crippen LogP contribution in [-0.2, 0) is 13.0 Å². The molecule has 2 rings (SSSR count). The third-order valence-corrected chi connectivity index (χ3v) is 3.92. The Morgan fingerprint density at radius 3 is 2.76 bits per heavy atom. The minimum Gasteiger partial charge on any atom is -0.314 e. The maximum absolute atomic E-state index is 4.38. The molecule has 1 heterocycles. The summed E-state index contributed by atoms with van der Waals surface area (Å²) in [5.41, 5.74) is 2.46. The van der Waals surface area contributed by atoms with Gasteiger partial charge in [-0.05, 0) is 39.2 Å². The van der Waals surface area contributed by atoms with Crippen LogP contribution in [-0.4, -0.2) is 22.0 Å². The molecular formula is C13H24N4. The van der Waals surface area contributed by atoms with Crippen LogP contribution in [0.4, 0.5) is 0 Å². The van der Waals surface area contributed by atoms with Crippen LogP contribution in [0.1, 0.15) is 57.0 Å². The first kappa shape index (κ1) is 12.6. The van der Waals surface area contributed by atoms with Crippen LogP contribution in [0.5, 0.6) is 0 Å². The summed E-state index contributed by atoms with van der Waals surface area (Å²) >= 11 is 0. The van der Waals surface area contributed by atoms with Gasteiger partial charge in [0.25, 0.3) is 0 Å². The van der Waals surface area contributed by atoms with Gasteiger partial charge in [-0.15, -0.1) is 5.10 Å². The zero-order valence-corrected chi connectivity index (χ0v) is 11.2. The maximum Gasteiger partial charge on any atom is 0.0996 e. The Kier molecular flexibility index (Phi) is 4.15. The van der Waals surface area contributed by atoms with Gasteiger partial charge in [-0.25, -0.2) is 4.68 Å². The van der Waals surface area contributed by atoms with Crippen molar-refractivity contribution in [3.8, 4) is 0 Å². The van der Waals surface area contributed by atoms with Crippen molar-refractivity contribution < 1.29 is 0 Å². The summed E-state index contributed by atoms with van der Waals surface area (Å²) in [7, 11) is 1.96. The molecule has 0 aromatic carbocycles. The molecule has 1 N–H and O–H groups in total. The van der Waals surface area contributed by atoms with Gasteiger partial charge in [0, 0.05) is 6.54 Å². The average Bonchev–Trinajstić information content (AvgIpc) is 2.60. The smallest absolute Gasteiger partial charge is 0.0996 e. The van der Waals surface area contributed by atoms with E-state index in [0.29, 0.717) is 6.04 Å². The Hall–Kier alpha value is -0.900. The Balaban J connectivity index is 2.19. The third-order valence-electron chi connectivity index (χ3n) is 3.92. The van der Waals surface area contributed by atoms with Crippen molar-refractivity contribution in [3.05, 3.63) is 11.4 Å². The molecule has 1 atom stereocenters. The summed E-state index contributed by atoms with van der Waals surface area (Å²) < 4.78 is 2.18. The molecule has 0 radical (unpaired) electrons. The van der Waals surface area contributed by atoms with Crippen LogP contribution in [0.2, 0.25) is 0 Å². The van der Waals surface area contributed by atoms with E-state index >= 15 is 0 Å². The van der Waals surface area contributed by atoms with Gasteiger partial charge in [-0.2, -0.15) is 0 Å². The molecule has 0 bridgehead atoms. The zero-order valence-electron chi connectivity index (χ0n) is 11.2. The molecule has 4 heteroatoms. The van der Waals surface area contributed by atoms with Gasteiger partial charge in [0.15, 0.2) is 0 Å². The molecule has 1 aromatic rings. The lowest BCUT2D eigenvalue weighted by Crippen LogP contribution is -2.25. The standard InChI is InChI=1S/C13H24N4/c1-4-6-13-12(9-14-3)15-16-17(13)10(2)11-7-5-8-11/h10-11,14H,4-9H2,1-3H3. The molecule has 0 aliphatic heterocycles. The van der Waals surface area contributed by atoms with Crippen LogP contribution in [0.15, 0.2) is 0 Å². The minimum atomic E-state index is 0.517. The van der Waals surface area contributed by atoms with Crippen molar-refractivity contribution in [3.63, 3.8) is 0 Å². The van der Waals surface area contributed by atoms with E-state index in [0.717, 1.165) is 31.0 Å². The third kappa shape index (κ3) is 2.51. The largest absolute Gasteiger partial charge is 0.314 e. The lowest BCUT2D eigenvalue weighted by Gasteiger charge is -2.32. The van der Waals surface area contributed by atoms with Gasteiger partial charge in [0.05, 0.1) is 17.4 Å². The molecule has 1 aromatic heterocycles. The molecule has 17 heavy (non-hydrogen) atoms. The highest BCUT2D eigenvalue weighted by Crippen LogP contribution is 2.36. The van der Waals surface area contributed by atoms with Gasteiger partial charge in [-0.3, -0.25) is 0 Å². The van der Waals surface area contributed by atoms with E-state index in [1.165, 1.54) is 25.0 Å². The Morgan fingerprint density at radius 2 is 2.24 bits per heavy atom. The van der Waals surface area contributed by atoms with Gasteiger partial charge in [-0.1, -0.05) is 25.0 Å². The molecular weight excluding hydrogens is 212 g/mol. The fraction of sp³-hybridized carbons (Fsp3) is 0.846. The van der Waals surface area contributed by atoms with Crippen LogP contribution in [0.25, 0.3) is 0 Å². The molecule has 0 spiro atoms. The van der Waals surface area contributed by atoms with Gasteiger partial charge >= 0.3 is 0 Å². The first-order chi connectivity index (χ1) is 8.27. The predicted octanol–water partition coefficient (Wildman–Crippen LogP) is 2.31. The molecule has 1 fully saturated rings. The van der Waals surface area contributed by atoms with Crippen molar-refractivity contribution in [2.45, 2.75) is 58.5 Å². The number of hydrogen-bond donors (Lipinski definition) is 1. The van der Waals surface area contributed by atoms with E-state index in [2.05, 4.69) is 34.2 Å². The van der Waals surface area contributed by atoms with Crippen molar-refractivity contribution in [1.82, 2.24) is 20.3 Å². The molecule has 0 saturated heterocycles. The highest BCUT2D eigenvalue weighted by atomic mass is 15.4. The quantitative estimate of drug-likeness (QED) is 0.824. The second-order valence-corrected chi connectivity index (χ2v) is 5.14. The summed E-state index contributed by atoms with van der Waals surface area (Å²) in [6.07, 6.45) is 6.33. The van der Waals surface area contributed by atoms with Crippen LogP contribution < -0.4 is 5.32 Å². The van der Waals surface area contributed by atoms with Crippen molar-refractivity contribution in [1.29, 1.82) is 0 Å². The van der Waals surface area contributed by atoms with Crippen molar-refractivity contribution >= 4 is 0 Å². The molecule has 4 nitrogen and oxygen atoms in total. The highest BCUT2D eigenvalue weighted by molar-refractivity contribution is 5.11. The number of aromatic nitrogens is 3. The van der Waals surface area contributed by atoms with Crippen LogP contribution >= 0.6 is 0 Å². The molecule has 1 unspecified atom stereocenters. The average molecular weight is 236 g/mol. The van der Waals surface area contributed by atoms with Crippen LogP contribution in [0.3, 0.4) is 0 Å². The number of nitrogens with one attached hydrogen (secondary N) is 1. The van der Waals surface area contributed by atoms with E-state index < -0.39 is 0 Å². The molecule has 1 aliphatic rings. The summed E-state index contributed by atoms with van der Waals surface area (Å²) in [5, 5.41) is 11.9. The van der Waals surface area contributed by atoms with Gasteiger partial charge in [0.1, 0.15) is 0 Å². The summed E-state index contributed by atoms with van der Waals surface area (Å²) in [4.78, 5) is 0. The summed E-state index contributed by atoms with van der Waals surface area (Å²) in [6.45, 7) is 5.34. The lowest BCUT2D eigenvalue weighted by molar-refractivity contribution is 0.205. The van der Waals surface area contributed by atoms with Gasteiger partial charge in [0.2, 0.25) is 0 Å². The van der Waals surface area contributed by atoms with Crippen LogP contribution in [0, 0.1) is 5.92 Å². The van der Waals surface area contributed by atoms with E-state index in [-0.39, 0.29) is 0 Å². The minimum absolute atomic E-state index is 0.517. The number of rotatable bonds is 6. The second-order valence-electron chi connectivity index (χ2n) is 5.14. The van der Waals surface area contributed by atoms with E-state index in [9.17, 15) is 0 Å². The molecule has 1 aliphatic carbocycles. The Labute approximate surface area is 104 Å². The van der Waals surface area contributed by atoms with Gasteiger partial charge < -0.3 is 5.32 Å². The lowest BCUT2D eigenvalue weighted by atomic mass is 9.80. The Morgan fingerprint density at radius 1 is 1.47 bits per heavy atom. The van der Waals surface area contributed by atoms with E-state index in [1.54, 1.807) is 0 Å². The molecule has 96 valence electrons. The first-order valence-electron chi connectivity index (χ1n) is 6.85. The van der Waals surface area contributed by atoms with Crippen molar-refractivity contribution in [2.75, 3.05) is 7.05 Å². The fourth-order valence-corrected chi connectivity index (χ4v) is 2.60. The topological polar surface area (TPSA) is 42.7 Å². The maximum atomic E-state index is 4.38. The fourth-order valence-electron chi connectivity index (χ4n) is 2.60. The normalized spacial score (nSPS) is 18.1. The number of hydrogen-bond acceptors (Lipinski definition) is 3. The first-order valence-corrected chi connectivity index (χ1v) is 6.85. The van der Waals surface area contributed by atoms with E-state index in [1.807, 2.05) is 7.05 Å². The zero-order chi connectivity index (χ0) is 12.3.